The molecule has 0 bridgehead atoms. The molecule has 7 nitrogen and oxygen atoms in total. The highest BCUT2D eigenvalue weighted by Crippen LogP contribution is 2.42. The Labute approximate surface area is 201 Å². The minimum absolute atomic E-state index is 0.180. The van der Waals surface area contributed by atoms with Crippen LogP contribution in [0.1, 0.15) is 34.5 Å². The molecular formula is C27H22FNO6. The van der Waals surface area contributed by atoms with E-state index in [9.17, 15) is 23.9 Å². The number of aliphatic hydroxyl groups is 1. The first kappa shape index (κ1) is 23.7. The number of ketones is 1. The summed E-state index contributed by atoms with van der Waals surface area (Å²) >= 11 is 0. The van der Waals surface area contributed by atoms with Gasteiger partial charge in [0.15, 0.2) is 0 Å². The van der Waals surface area contributed by atoms with Crippen molar-refractivity contribution in [3.8, 4) is 5.75 Å². The predicted molar refractivity (Wildman–Crippen MR) is 127 cm³/mol. The SMILES string of the molecule is CCOC(=O)c1ccc(N2C(=O)C(=O)C(=C(O)c3ccc(OC)cc3)[C@@H]2c2cccc(F)c2)cc1. The average molecular weight is 475 g/mol. The van der Waals surface area contributed by atoms with Crippen LogP contribution in [0.5, 0.6) is 5.75 Å². The number of halogens is 1. The molecule has 1 amide bonds. The molecule has 178 valence electrons. The van der Waals surface area contributed by atoms with Crippen LogP contribution in [0, 0.1) is 5.82 Å². The van der Waals surface area contributed by atoms with Crippen LogP contribution in [-0.2, 0) is 14.3 Å². The van der Waals surface area contributed by atoms with E-state index in [0.29, 0.717) is 22.6 Å². The summed E-state index contributed by atoms with van der Waals surface area (Å²) in [5.41, 5.74) is 0.979. The topological polar surface area (TPSA) is 93.1 Å². The van der Waals surface area contributed by atoms with Gasteiger partial charge in [-0.2, -0.15) is 0 Å². The Balaban J connectivity index is 1.85. The molecule has 1 atom stereocenters. The Bertz CT molecular complexity index is 1310. The highest BCUT2D eigenvalue weighted by Gasteiger charge is 2.47. The van der Waals surface area contributed by atoms with Gasteiger partial charge in [0.2, 0.25) is 0 Å². The molecule has 0 radical (unpaired) electrons. The maximum absolute atomic E-state index is 14.2. The van der Waals surface area contributed by atoms with E-state index in [0.717, 1.165) is 0 Å². The number of aliphatic hydroxyl groups excluding tert-OH is 1. The number of esters is 1. The summed E-state index contributed by atoms with van der Waals surface area (Å²) in [6.07, 6.45) is 0. The summed E-state index contributed by atoms with van der Waals surface area (Å²) in [5, 5.41) is 11.1. The van der Waals surface area contributed by atoms with Crippen molar-refractivity contribution in [3.63, 3.8) is 0 Å². The second-order valence-corrected chi connectivity index (χ2v) is 7.72. The van der Waals surface area contributed by atoms with Gasteiger partial charge in [0.25, 0.3) is 11.7 Å². The molecule has 0 saturated carbocycles. The van der Waals surface area contributed by atoms with Crippen LogP contribution in [0.25, 0.3) is 5.76 Å². The summed E-state index contributed by atoms with van der Waals surface area (Å²) in [7, 11) is 1.50. The van der Waals surface area contributed by atoms with Crippen LogP contribution in [0.4, 0.5) is 10.1 Å². The largest absolute Gasteiger partial charge is 0.507 e. The zero-order valence-electron chi connectivity index (χ0n) is 19.0. The molecule has 8 heteroatoms. The lowest BCUT2D eigenvalue weighted by molar-refractivity contribution is -0.132. The van der Waals surface area contributed by atoms with Gasteiger partial charge >= 0.3 is 5.97 Å². The Morgan fingerprint density at radius 3 is 2.26 bits per heavy atom. The highest BCUT2D eigenvalue weighted by molar-refractivity contribution is 6.51. The molecule has 1 saturated heterocycles. The van der Waals surface area contributed by atoms with Gasteiger partial charge in [-0.3, -0.25) is 14.5 Å². The van der Waals surface area contributed by atoms with Gasteiger partial charge < -0.3 is 14.6 Å². The van der Waals surface area contributed by atoms with Crippen LogP contribution < -0.4 is 9.64 Å². The summed E-state index contributed by atoms with van der Waals surface area (Å²) in [4.78, 5) is 39.5. The lowest BCUT2D eigenvalue weighted by atomic mass is 9.95. The Morgan fingerprint density at radius 1 is 1.00 bits per heavy atom. The van der Waals surface area contributed by atoms with E-state index in [1.54, 1.807) is 37.3 Å². The van der Waals surface area contributed by atoms with Gasteiger partial charge in [0.05, 0.1) is 30.9 Å². The van der Waals surface area contributed by atoms with Crippen molar-refractivity contribution < 1.29 is 33.4 Å². The Hall–Kier alpha value is -4.46. The first-order chi connectivity index (χ1) is 16.8. The number of benzene rings is 3. The number of methoxy groups -OCH3 is 1. The van der Waals surface area contributed by atoms with Crippen molar-refractivity contribution in [2.24, 2.45) is 0 Å². The number of amides is 1. The van der Waals surface area contributed by atoms with Gasteiger partial charge in [-0.15, -0.1) is 0 Å². The van der Waals surface area contributed by atoms with Gasteiger partial charge in [-0.25, -0.2) is 9.18 Å². The van der Waals surface area contributed by atoms with Gasteiger partial charge in [-0.05, 0) is 73.2 Å². The van der Waals surface area contributed by atoms with Crippen molar-refractivity contribution in [1.29, 1.82) is 0 Å². The minimum atomic E-state index is -1.10. The maximum Gasteiger partial charge on any atom is 0.338 e. The number of hydrogen-bond donors (Lipinski definition) is 1. The second-order valence-electron chi connectivity index (χ2n) is 7.72. The zero-order chi connectivity index (χ0) is 25.1. The second kappa shape index (κ2) is 9.80. The van der Waals surface area contributed by atoms with Crippen LogP contribution in [0.3, 0.4) is 0 Å². The average Bonchev–Trinajstić information content (AvgIpc) is 3.14. The van der Waals surface area contributed by atoms with Crippen LogP contribution in [0.15, 0.2) is 78.4 Å². The number of hydrogen-bond acceptors (Lipinski definition) is 6. The first-order valence-electron chi connectivity index (χ1n) is 10.8. The maximum atomic E-state index is 14.2. The molecule has 1 heterocycles. The van der Waals surface area contributed by atoms with Crippen molar-refractivity contribution in [2.75, 3.05) is 18.6 Å². The monoisotopic (exact) mass is 475 g/mol. The van der Waals surface area contributed by atoms with Gasteiger partial charge in [-0.1, -0.05) is 12.1 Å². The van der Waals surface area contributed by atoms with Gasteiger partial charge in [0, 0.05) is 11.3 Å². The van der Waals surface area contributed by atoms with Crippen molar-refractivity contribution in [1.82, 2.24) is 0 Å². The molecule has 1 N–H and O–H groups in total. The zero-order valence-corrected chi connectivity index (χ0v) is 19.0. The molecule has 3 aromatic rings. The molecule has 0 aliphatic carbocycles. The fraction of sp³-hybridized carbons (Fsp3) is 0.148. The molecule has 0 spiro atoms. The van der Waals surface area contributed by atoms with E-state index in [1.165, 1.54) is 54.5 Å². The summed E-state index contributed by atoms with van der Waals surface area (Å²) in [6.45, 7) is 1.90. The predicted octanol–water partition coefficient (Wildman–Crippen LogP) is 4.64. The molecule has 3 aromatic carbocycles. The van der Waals surface area contributed by atoms with E-state index < -0.39 is 35.3 Å². The molecular weight excluding hydrogens is 453 g/mol. The summed E-state index contributed by atoms with van der Waals surface area (Å²) in [6, 6.07) is 16.6. The standard InChI is InChI=1S/C27H22FNO6/c1-3-35-27(33)17-7-11-20(12-8-17)29-23(18-5-4-6-19(28)15-18)22(25(31)26(29)32)24(30)16-9-13-21(34-2)14-10-16/h4-15,23,30H,3H2,1-2H3/t23-/m0/s1. The Kier molecular flexibility index (Phi) is 6.64. The van der Waals surface area contributed by atoms with Crippen molar-refractivity contribution >= 4 is 29.1 Å². The molecule has 1 fully saturated rings. The number of ether oxygens (including phenoxy) is 2. The third-order valence-electron chi connectivity index (χ3n) is 5.63. The van der Waals surface area contributed by atoms with Crippen molar-refractivity contribution in [2.45, 2.75) is 13.0 Å². The summed E-state index contributed by atoms with van der Waals surface area (Å²) in [5.74, 6) is -2.74. The number of rotatable bonds is 6. The number of carbonyl (C=O) groups is 3. The third-order valence-corrected chi connectivity index (χ3v) is 5.63. The number of Topliss-reactive ketones (excluding diaryl/α,β-unsaturated/α-hetero) is 1. The van der Waals surface area contributed by atoms with E-state index in [1.807, 2.05) is 0 Å². The van der Waals surface area contributed by atoms with Crippen LogP contribution >= 0.6 is 0 Å². The summed E-state index contributed by atoms with van der Waals surface area (Å²) < 4.78 is 24.3. The molecule has 35 heavy (non-hydrogen) atoms. The van der Waals surface area contributed by atoms with E-state index >= 15 is 0 Å². The number of nitrogens with zero attached hydrogens (tertiary/aromatic N) is 1. The third kappa shape index (κ3) is 4.50. The highest BCUT2D eigenvalue weighted by atomic mass is 19.1. The number of anilines is 1. The number of carbonyl (C=O) groups excluding carboxylic acids is 3. The lowest BCUT2D eigenvalue weighted by Gasteiger charge is -2.25. The normalized spacial score (nSPS) is 16.9. The fourth-order valence-electron chi connectivity index (χ4n) is 3.97. The van der Waals surface area contributed by atoms with E-state index in [4.69, 9.17) is 9.47 Å². The smallest absolute Gasteiger partial charge is 0.338 e. The molecule has 0 unspecified atom stereocenters. The Morgan fingerprint density at radius 2 is 1.66 bits per heavy atom. The van der Waals surface area contributed by atoms with E-state index in [-0.39, 0.29) is 17.7 Å². The molecule has 4 rings (SSSR count). The molecule has 1 aliphatic heterocycles. The van der Waals surface area contributed by atoms with Gasteiger partial charge in [0.1, 0.15) is 17.3 Å². The molecule has 1 aliphatic rings. The van der Waals surface area contributed by atoms with Crippen molar-refractivity contribution in [3.05, 3.63) is 101 Å². The lowest BCUT2D eigenvalue weighted by Crippen LogP contribution is -2.29. The van der Waals surface area contributed by atoms with E-state index in [2.05, 4.69) is 0 Å². The minimum Gasteiger partial charge on any atom is -0.507 e. The first-order valence-corrected chi connectivity index (χ1v) is 10.8. The quantitative estimate of drug-likeness (QED) is 0.242. The van der Waals surface area contributed by atoms with Crippen LogP contribution in [-0.4, -0.2) is 36.5 Å². The molecule has 0 aromatic heterocycles. The van der Waals surface area contributed by atoms with Crippen LogP contribution in [0.2, 0.25) is 0 Å². The fourth-order valence-corrected chi connectivity index (χ4v) is 3.97.